The molecule has 0 bridgehead atoms. The lowest BCUT2D eigenvalue weighted by atomic mass is 9.98. The minimum absolute atomic E-state index is 0.00995. The van der Waals surface area contributed by atoms with Gasteiger partial charge in [0.2, 0.25) is 5.91 Å². The van der Waals surface area contributed by atoms with Crippen molar-refractivity contribution in [3.05, 3.63) is 71.8 Å². The highest BCUT2D eigenvalue weighted by atomic mass is 16.2. The van der Waals surface area contributed by atoms with Gasteiger partial charge in [-0.2, -0.15) is 0 Å². The van der Waals surface area contributed by atoms with Crippen molar-refractivity contribution in [2.75, 3.05) is 6.54 Å². The molecule has 1 aliphatic heterocycles. The zero-order valence-corrected chi connectivity index (χ0v) is 16.2. The number of hydrogen-bond acceptors (Lipinski definition) is 2. The number of hydrogen-bond donors (Lipinski definition) is 2. The first kappa shape index (κ1) is 19.6. The van der Waals surface area contributed by atoms with E-state index in [1.54, 1.807) is 0 Å². The van der Waals surface area contributed by atoms with E-state index in [0.29, 0.717) is 0 Å². The van der Waals surface area contributed by atoms with Crippen LogP contribution in [0.15, 0.2) is 60.7 Å². The summed E-state index contributed by atoms with van der Waals surface area (Å²) >= 11 is 0. The molecule has 0 aliphatic carbocycles. The van der Waals surface area contributed by atoms with Gasteiger partial charge >= 0.3 is 0 Å². The van der Waals surface area contributed by atoms with Crippen LogP contribution >= 0.6 is 0 Å². The molecule has 0 radical (unpaired) electrons. The predicted molar refractivity (Wildman–Crippen MR) is 112 cm³/mol. The van der Waals surface area contributed by atoms with Crippen LogP contribution in [-0.2, 0) is 17.6 Å². The van der Waals surface area contributed by atoms with Crippen LogP contribution in [0.3, 0.4) is 0 Å². The highest BCUT2D eigenvalue weighted by molar-refractivity contribution is 5.82. The summed E-state index contributed by atoms with van der Waals surface area (Å²) in [6.45, 7) is 0.963. The quantitative estimate of drug-likeness (QED) is 0.661. The lowest BCUT2D eigenvalue weighted by Crippen LogP contribution is -2.45. The Balaban J connectivity index is 1.48. The largest absolute Gasteiger partial charge is 0.352 e. The molecule has 0 saturated carbocycles. The Morgan fingerprint density at radius 2 is 1.48 bits per heavy atom. The standard InChI is InChI=1S/C24H32N2O/c27-24(23-18-9-19-25-23)26-22(16-7-14-20-10-3-1-4-11-20)17-8-15-21-12-5-2-6-13-21/h1-6,10-13,22-23,25H,7-9,14-19H2,(H,26,27)/t23-/m0/s1. The van der Waals surface area contributed by atoms with Gasteiger partial charge in [-0.15, -0.1) is 0 Å². The molecule has 1 atom stereocenters. The summed E-state index contributed by atoms with van der Waals surface area (Å²) in [5.74, 6) is 0.192. The SMILES string of the molecule is O=C(NC(CCCc1ccccc1)CCCc1ccccc1)[C@@H]1CCCN1. The van der Waals surface area contributed by atoms with Crippen molar-refractivity contribution >= 4 is 5.91 Å². The molecule has 2 aromatic rings. The van der Waals surface area contributed by atoms with Crippen molar-refractivity contribution in [2.24, 2.45) is 0 Å². The van der Waals surface area contributed by atoms with Gasteiger partial charge in [-0.05, 0) is 69.0 Å². The molecule has 1 aliphatic rings. The average Bonchev–Trinajstić information content (AvgIpc) is 3.24. The van der Waals surface area contributed by atoms with Gasteiger partial charge in [-0.1, -0.05) is 60.7 Å². The fourth-order valence-electron chi connectivity index (χ4n) is 3.89. The zero-order chi connectivity index (χ0) is 18.7. The Morgan fingerprint density at radius 3 is 1.96 bits per heavy atom. The molecule has 1 fully saturated rings. The van der Waals surface area contributed by atoms with Crippen molar-refractivity contribution in [3.8, 4) is 0 Å². The normalized spacial score (nSPS) is 16.6. The summed E-state index contributed by atoms with van der Waals surface area (Å²) in [5.41, 5.74) is 2.76. The monoisotopic (exact) mass is 364 g/mol. The molecule has 3 heteroatoms. The number of aryl methyl sites for hydroxylation is 2. The van der Waals surface area contributed by atoms with E-state index in [1.807, 2.05) is 0 Å². The molecule has 2 N–H and O–H groups in total. The number of amides is 1. The Kier molecular flexibility index (Phi) is 7.91. The van der Waals surface area contributed by atoms with Crippen LogP contribution in [0.4, 0.5) is 0 Å². The topological polar surface area (TPSA) is 41.1 Å². The Bertz CT molecular complexity index is 620. The molecule has 144 valence electrons. The van der Waals surface area contributed by atoms with Gasteiger partial charge in [-0.25, -0.2) is 0 Å². The third-order valence-electron chi connectivity index (χ3n) is 5.44. The maximum absolute atomic E-state index is 12.5. The Morgan fingerprint density at radius 1 is 0.926 bits per heavy atom. The molecule has 2 aromatic carbocycles. The van der Waals surface area contributed by atoms with Crippen LogP contribution in [0.25, 0.3) is 0 Å². The van der Waals surface area contributed by atoms with Crippen molar-refractivity contribution < 1.29 is 4.79 Å². The van der Waals surface area contributed by atoms with Gasteiger partial charge in [0.25, 0.3) is 0 Å². The summed E-state index contributed by atoms with van der Waals surface area (Å²) in [6.07, 6.45) is 8.53. The van der Waals surface area contributed by atoms with Gasteiger partial charge in [0.1, 0.15) is 0 Å². The third kappa shape index (κ3) is 6.84. The molecular formula is C24H32N2O. The van der Waals surface area contributed by atoms with Crippen LogP contribution in [0.2, 0.25) is 0 Å². The summed E-state index contributed by atoms with van der Waals surface area (Å²) in [4.78, 5) is 12.5. The smallest absolute Gasteiger partial charge is 0.237 e. The van der Waals surface area contributed by atoms with Crippen molar-refractivity contribution in [1.82, 2.24) is 10.6 Å². The number of nitrogens with one attached hydrogen (secondary N) is 2. The van der Waals surface area contributed by atoms with Gasteiger partial charge in [0.05, 0.1) is 6.04 Å². The lowest BCUT2D eigenvalue weighted by molar-refractivity contribution is -0.123. The molecule has 3 rings (SSSR count). The molecule has 0 aromatic heterocycles. The molecule has 1 amide bonds. The molecule has 3 nitrogen and oxygen atoms in total. The van der Waals surface area contributed by atoms with Crippen LogP contribution in [0, 0.1) is 0 Å². The fraction of sp³-hybridized carbons (Fsp3) is 0.458. The first-order chi connectivity index (χ1) is 13.3. The van der Waals surface area contributed by atoms with Crippen molar-refractivity contribution in [1.29, 1.82) is 0 Å². The maximum atomic E-state index is 12.5. The summed E-state index contributed by atoms with van der Waals surface area (Å²) < 4.78 is 0. The van der Waals surface area contributed by atoms with Crippen LogP contribution in [-0.4, -0.2) is 24.5 Å². The molecular weight excluding hydrogens is 332 g/mol. The summed E-state index contributed by atoms with van der Waals surface area (Å²) in [5, 5.41) is 6.64. The molecule has 27 heavy (non-hydrogen) atoms. The Labute approximate surface area is 163 Å². The fourth-order valence-corrected chi connectivity index (χ4v) is 3.89. The second-order valence-electron chi connectivity index (χ2n) is 7.61. The van der Waals surface area contributed by atoms with Gasteiger partial charge in [-0.3, -0.25) is 4.79 Å². The number of rotatable bonds is 10. The highest BCUT2D eigenvalue weighted by Gasteiger charge is 2.23. The van der Waals surface area contributed by atoms with E-state index in [0.717, 1.165) is 57.9 Å². The van der Waals surface area contributed by atoms with Crippen LogP contribution < -0.4 is 10.6 Å². The van der Waals surface area contributed by atoms with Gasteiger partial charge in [0.15, 0.2) is 0 Å². The van der Waals surface area contributed by atoms with Crippen molar-refractivity contribution in [2.45, 2.75) is 63.5 Å². The number of carbonyl (C=O) groups is 1. The average molecular weight is 365 g/mol. The van der Waals surface area contributed by atoms with E-state index in [1.165, 1.54) is 11.1 Å². The van der Waals surface area contributed by atoms with Crippen molar-refractivity contribution in [3.63, 3.8) is 0 Å². The van der Waals surface area contributed by atoms with Crippen LogP contribution in [0.1, 0.15) is 49.7 Å². The van der Waals surface area contributed by atoms with Gasteiger partial charge < -0.3 is 10.6 Å². The Hall–Kier alpha value is -2.13. The van der Waals surface area contributed by atoms with E-state index in [9.17, 15) is 4.79 Å². The first-order valence-electron chi connectivity index (χ1n) is 10.4. The van der Waals surface area contributed by atoms with E-state index in [4.69, 9.17) is 0 Å². The molecule has 1 saturated heterocycles. The summed E-state index contributed by atoms with van der Waals surface area (Å²) in [6, 6.07) is 21.5. The number of benzene rings is 2. The van der Waals surface area contributed by atoms with E-state index in [-0.39, 0.29) is 18.0 Å². The minimum Gasteiger partial charge on any atom is -0.352 e. The predicted octanol–water partition coefficient (Wildman–Crippen LogP) is 4.27. The third-order valence-corrected chi connectivity index (χ3v) is 5.44. The minimum atomic E-state index is 0.00995. The van der Waals surface area contributed by atoms with E-state index >= 15 is 0 Å². The first-order valence-corrected chi connectivity index (χ1v) is 10.4. The molecule has 0 spiro atoms. The second-order valence-corrected chi connectivity index (χ2v) is 7.61. The van der Waals surface area contributed by atoms with Crippen LogP contribution in [0.5, 0.6) is 0 Å². The van der Waals surface area contributed by atoms with Gasteiger partial charge in [0, 0.05) is 6.04 Å². The molecule has 0 unspecified atom stereocenters. The lowest BCUT2D eigenvalue weighted by Gasteiger charge is -2.21. The zero-order valence-electron chi connectivity index (χ0n) is 16.2. The van der Waals surface area contributed by atoms with E-state index in [2.05, 4.69) is 71.3 Å². The highest BCUT2D eigenvalue weighted by Crippen LogP contribution is 2.14. The maximum Gasteiger partial charge on any atom is 0.237 e. The summed E-state index contributed by atoms with van der Waals surface area (Å²) in [7, 11) is 0. The van der Waals surface area contributed by atoms with E-state index < -0.39 is 0 Å². The second kappa shape index (κ2) is 10.9. The number of carbonyl (C=O) groups excluding carboxylic acids is 1. The molecule has 1 heterocycles.